The summed E-state index contributed by atoms with van der Waals surface area (Å²) in [6.45, 7) is 4.20. The predicted octanol–water partition coefficient (Wildman–Crippen LogP) is 4.66. The van der Waals surface area contributed by atoms with Crippen LogP contribution in [-0.4, -0.2) is 90.9 Å². The van der Waals surface area contributed by atoms with E-state index < -0.39 is 10.8 Å². The fourth-order valence-corrected chi connectivity index (χ4v) is 7.32. The quantitative estimate of drug-likeness (QED) is 0.137. The van der Waals surface area contributed by atoms with Crippen molar-refractivity contribution in [2.45, 2.75) is 22.5 Å². The van der Waals surface area contributed by atoms with Gasteiger partial charge in [0.25, 0.3) is 5.69 Å². The van der Waals surface area contributed by atoms with Crippen molar-refractivity contribution in [1.29, 1.82) is 0 Å². The molecule has 46 heavy (non-hydrogen) atoms. The number of ether oxygens (including phenoxy) is 2. The summed E-state index contributed by atoms with van der Waals surface area (Å²) < 4.78 is 11.1. The summed E-state index contributed by atoms with van der Waals surface area (Å²) in [7, 11) is 7.58. The molecule has 4 aromatic rings. The number of halogens is 1. The van der Waals surface area contributed by atoms with Crippen molar-refractivity contribution in [2.75, 3.05) is 75.9 Å². The van der Waals surface area contributed by atoms with Crippen LogP contribution in [0.2, 0.25) is 5.15 Å². The van der Waals surface area contributed by atoms with Crippen LogP contribution >= 0.6 is 23.4 Å². The van der Waals surface area contributed by atoms with Crippen molar-refractivity contribution in [3.63, 3.8) is 0 Å². The van der Waals surface area contributed by atoms with E-state index in [0.29, 0.717) is 22.1 Å². The van der Waals surface area contributed by atoms with Gasteiger partial charge >= 0.3 is 0 Å². The minimum atomic E-state index is -0.436. The number of nitro groups is 1. The normalized spacial score (nSPS) is 17.0. The first-order valence-corrected chi connectivity index (χ1v) is 16.0. The van der Waals surface area contributed by atoms with Crippen LogP contribution in [0.1, 0.15) is 28.2 Å². The third-order valence-corrected chi connectivity index (χ3v) is 9.55. The second-order valence-electron chi connectivity index (χ2n) is 11.7. The van der Waals surface area contributed by atoms with E-state index in [2.05, 4.69) is 26.9 Å². The number of anilines is 3. The molecule has 1 saturated heterocycles. The van der Waals surface area contributed by atoms with Crippen LogP contribution in [0, 0.1) is 10.1 Å². The molecular formula is C31H32ClN9O4S. The molecule has 0 radical (unpaired) electrons. The van der Waals surface area contributed by atoms with E-state index in [-0.39, 0.29) is 12.5 Å². The van der Waals surface area contributed by atoms with E-state index in [1.54, 1.807) is 12.1 Å². The third-order valence-electron chi connectivity index (χ3n) is 8.25. The van der Waals surface area contributed by atoms with E-state index in [9.17, 15) is 10.1 Å². The Hall–Kier alpha value is -4.40. The fraction of sp³-hybridized carbons (Fsp3) is 0.355. The lowest BCUT2D eigenvalue weighted by atomic mass is 9.86. The Balaban J connectivity index is 1.27. The van der Waals surface area contributed by atoms with E-state index in [1.807, 2.05) is 44.1 Å². The van der Waals surface area contributed by atoms with E-state index in [0.717, 1.165) is 71.8 Å². The van der Waals surface area contributed by atoms with Gasteiger partial charge in [0, 0.05) is 90.1 Å². The highest BCUT2D eigenvalue weighted by Gasteiger charge is 2.38. The molecule has 15 heteroatoms. The second kappa shape index (κ2) is 12.1. The van der Waals surface area contributed by atoms with Crippen LogP contribution in [0.15, 0.2) is 52.5 Å². The van der Waals surface area contributed by atoms with E-state index in [1.165, 1.54) is 29.5 Å². The van der Waals surface area contributed by atoms with Gasteiger partial charge in [-0.2, -0.15) is 4.98 Å². The lowest BCUT2D eigenvalue weighted by molar-refractivity contribution is -0.384. The molecule has 238 valence electrons. The maximum Gasteiger partial charge on any atom is 0.269 e. The van der Waals surface area contributed by atoms with Gasteiger partial charge in [-0.3, -0.25) is 15.0 Å². The van der Waals surface area contributed by atoms with Gasteiger partial charge in [-0.25, -0.2) is 15.0 Å². The monoisotopic (exact) mass is 661 g/mol. The molecule has 5 heterocycles. The minimum Gasteiger partial charge on any atom is -0.454 e. The van der Waals surface area contributed by atoms with Crippen molar-refractivity contribution in [2.24, 2.45) is 0 Å². The first-order valence-electron chi connectivity index (χ1n) is 14.8. The Kier molecular flexibility index (Phi) is 7.95. The number of piperazine rings is 1. The predicted molar refractivity (Wildman–Crippen MR) is 176 cm³/mol. The highest BCUT2D eigenvalue weighted by Crippen LogP contribution is 2.52. The second-order valence-corrected chi connectivity index (χ2v) is 13.1. The Labute approximate surface area is 275 Å². The molecule has 1 fully saturated rings. The molecule has 0 bridgehead atoms. The summed E-state index contributed by atoms with van der Waals surface area (Å²) in [6, 6.07) is 12.7. The molecule has 2 aromatic heterocycles. The molecule has 0 spiro atoms. The molecule has 3 aliphatic rings. The molecule has 0 N–H and O–H groups in total. The summed E-state index contributed by atoms with van der Waals surface area (Å²) >= 11 is 8.40. The molecule has 1 atom stereocenters. The first kappa shape index (κ1) is 30.3. The average Bonchev–Trinajstić information content (AvgIpc) is 3.51. The first-order chi connectivity index (χ1) is 22.2. The van der Waals surface area contributed by atoms with Crippen LogP contribution < -0.4 is 24.2 Å². The van der Waals surface area contributed by atoms with Gasteiger partial charge in [-0.1, -0.05) is 29.8 Å². The lowest BCUT2D eigenvalue weighted by Gasteiger charge is -2.38. The average molecular weight is 662 g/mol. The zero-order valence-corrected chi connectivity index (χ0v) is 27.4. The minimum absolute atomic E-state index is 0.0118. The van der Waals surface area contributed by atoms with Crippen LogP contribution in [0.25, 0.3) is 0 Å². The van der Waals surface area contributed by atoms with Crippen molar-refractivity contribution in [1.82, 2.24) is 24.8 Å². The number of non-ortho nitro benzene ring substituents is 1. The number of hydrogen-bond acceptors (Lipinski definition) is 13. The zero-order chi connectivity index (χ0) is 32.1. The number of nitrogens with zero attached hydrogens (tertiary/aromatic N) is 9. The largest absolute Gasteiger partial charge is 0.454 e. The zero-order valence-electron chi connectivity index (χ0n) is 25.8. The summed E-state index contributed by atoms with van der Waals surface area (Å²) in [4.78, 5) is 39.1. The smallest absolute Gasteiger partial charge is 0.269 e. The fourth-order valence-electron chi connectivity index (χ4n) is 5.90. The van der Waals surface area contributed by atoms with E-state index >= 15 is 0 Å². The van der Waals surface area contributed by atoms with Gasteiger partial charge in [0.05, 0.1) is 4.92 Å². The summed E-state index contributed by atoms with van der Waals surface area (Å²) in [5.74, 6) is 3.02. The van der Waals surface area contributed by atoms with Crippen LogP contribution in [0.4, 0.5) is 23.4 Å². The molecule has 2 aromatic carbocycles. The van der Waals surface area contributed by atoms with Gasteiger partial charge < -0.3 is 24.2 Å². The van der Waals surface area contributed by atoms with Gasteiger partial charge in [0.15, 0.2) is 11.5 Å². The molecule has 0 aliphatic carbocycles. The molecule has 0 amide bonds. The molecule has 7 rings (SSSR count). The molecule has 3 aliphatic heterocycles. The van der Waals surface area contributed by atoms with Gasteiger partial charge in [-0.05, 0) is 35.0 Å². The summed E-state index contributed by atoms with van der Waals surface area (Å²) in [5, 5.41) is 13.3. The maximum atomic E-state index is 11.5. The highest BCUT2D eigenvalue weighted by molar-refractivity contribution is 7.99. The van der Waals surface area contributed by atoms with Crippen LogP contribution in [0.5, 0.6) is 11.5 Å². The topological polar surface area (TPSA) is 126 Å². The number of rotatable bonds is 7. The van der Waals surface area contributed by atoms with Crippen molar-refractivity contribution in [3.8, 4) is 11.5 Å². The Morgan fingerprint density at radius 1 is 0.891 bits per heavy atom. The standard InChI is InChI=1S/C31H32ClN9O4S/c1-37(2)30-33-26(32)24-23(19-6-8-20(9-7-19)41(42)43)25-27(34-31(38(3)4)36-29(25)46-28(24)35-30)40-13-11-39(12-14-40)16-18-5-10-21-22(15-18)45-17-44-21/h5-10,15,23H,11-14,16-17H2,1-4H3. The number of benzene rings is 2. The molecule has 0 saturated carbocycles. The van der Waals surface area contributed by atoms with Gasteiger partial charge in [-0.15, -0.1) is 0 Å². The lowest BCUT2D eigenvalue weighted by Crippen LogP contribution is -2.47. The SMILES string of the molecule is CN(C)c1nc(Cl)c2c(n1)Sc1nc(N(C)C)nc(N3CCN(Cc4ccc5c(c4)OCO5)CC3)c1C2c1ccc([N+](=O)[O-])cc1. The molecular weight excluding hydrogens is 630 g/mol. The number of nitro benzene ring substituents is 1. The van der Waals surface area contributed by atoms with Gasteiger partial charge in [0.1, 0.15) is 21.0 Å². The van der Waals surface area contributed by atoms with Crippen molar-refractivity contribution < 1.29 is 14.4 Å². The van der Waals surface area contributed by atoms with Crippen LogP contribution in [0.3, 0.4) is 0 Å². The molecule has 13 nitrogen and oxygen atoms in total. The van der Waals surface area contributed by atoms with Crippen LogP contribution in [-0.2, 0) is 6.54 Å². The van der Waals surface area contributed by atoms with Gasteiger partial charge in [0.2, 0.25) is 18.7 Å². The Morgan fingerprint density at radius 2 is 1.54 bits per heavy atom. The molecule has 1 unspecified atom stereocenters. The van der Waals surface area contributed by atoms with E-state index in [4.69, 9.17) is 36.0 Å². The van der Waals surface area contributed by atoms with Crippen molar-refractivity contribution in [3.05, 3.63) is 80.0 Å². The highest BCUT2D eigenvalue weighted by atomic mass is 35.5. The number of hydrogen-bond donors (Lipinski definition) is 0. The third kappa shape index (κ3) is 5.60. The summed E-state index contributed by atoms with van der Waals surface area (Å²) in [5.41, 5.74) is 3.63. The van der Waals surface area contributed by atoms with Crippen molar-refractivity contribution >= 4 is 46.8 Å². The Morgan fingerprint density at radius 3 is 2.22 bits per heavy atom. The Bertz CT molecular complexity index is 1820. The number of fused-ring (bicyclic) bond motifs is 3. The number of aromatic nitrogens is 4. The maximum absolute atomic E-state index is 11.5. The summed E-state index contributed by atoms with van der Waals surface area (Å²) in [6.07, 6.45) is 0.